The van der Waals surface area contributed by atoms with Crippen LogP contribution in [0.15, 0.2) is 47.4 Å². The smallest absolute Gasteiger partial charge is 0.335 e. The molecule has 2 aromatic carbocycles. The predicted molar refractivity (Wildman–Crippen MR) is 80.4 cm³/mol. The summed E-state index contributed by atoms with van der Waals surface area (Å²) >= 11 is 1.31. The number of benzene rings is 2. The van der Waals surface area contributed by atoms with Crippen LogP contribution in [0.3, 0.4) is 0 Å². The first kappa shape index (κ1) is 15.2. The quantitative estimate of drug-likeness (QED) is 0.487. The SMILES string of the molecule is Nc1ccc(SCCOc2cccc(C(=O)O)c2)c(F)c1. The molecule has 0 atom stereocenters. The Morgan fingerprint density at radius 1 is 1.29 bits per heavy atom. The Labute approximate surface area is 125 Å². The van der Waals surface area contributed by atoms with Crippen molar-refractivity contribution in [1.82, 2.24) is 0 Å². The van der Waals surface area contributed by atoms with Crippen LogP contribution in [0.5, 0.6) is 5.75 Å². The van der Waals surface area contributed by atoms with Gasteiger partial charge in [0.15, 0.2) is 0 Å². The van der Waals surface area contributed by atoms with E-state index in [1.807, 2.05) is 0 Å². The van der Waals surface area contributed by atoms with E-state index in [-0.39, 0.29) is 11.4 Å². The molecule has 0 radical (unpaired) electrons. The molecule has 4 nitrogen and oxygen atoms in total. The van der Waals surface area contributed by atoms with Crippen molar-refractivity contribution in [2.24, 2.45) is 0 Å². The van der Waals surface area contributed by atoms with E-state index in [1.165, 1.54) is 30.0 Å². The van der Waals surface area contributed by atoms with Gasteiger partial charge in [0.25, 0.3) is 0 Å². The summed E-state index contributed by atoms with van der Waals surface area (Å²) in [7, 11) is 0. The van der Waals surface area contributed by atoms with E-state index in [0.717, 1.165) is 0 Å². The number of rotatable bonds is 6. The molecule has 0 aliphatic heterocycles. The van der Waals surface area contributed by atoms with E-state index < -0.39 is 5.97 Å². The van der Waals surface area contributed by atoms with Gasteiger partial charge in [-0.15, -0.1) is 11.8 Å². The van der Waals surface area contributed by atoms with E-state index in [0.29, 0.717) is 28.7 Å². The summed E-state index contributed by atoms with van der Waals surface area (Å²) in [5.41, 5.74) is 6.03. The lowest BCUT2D eigenvalue weighted by molar-refractivity contribution is 0.0696. The molecule has 0 aromatic heterocycles. The van der Waals surface area contributed by atoms with Crippen LogP contribution in [0.25, 0.3) is 0 Å². The third-order valence-electron chi connectivity index (χ3n) is 2.65. The van der Waals surface area contributed by atoms with Gasteiger partial charge >= 0.3 is 5.97 Å². The normalized spacial score (nSPS) is 10.3. The van der Waals surface area contributed by atoms with Gasteiger partial charge in [0.1, 0.15) is 11.6 Å². The molecule has 0 aliphatic rings. The fourth-order valence-corrected chi connectivity index (χ4v) is 2.41. The number of carboxylic acids is 1. The van der Waals surface area contributed by atoms with Gasteiger partial charge in [-0.05, 0) is 36.4 Å². The number of carboxylic acid groups (broad SMARTS) is 1. The van der Waals surface area contributed by atoms with Crippen LogP contribution in [0, 0.1) is 5.82 Å². The molecule has 0 saturated heterocycles. The van der Waals surface area contributed by atoms with Gasteiger partial charge in [0.05, 0.1) is 12.2 Å². The zero-order chi connectivity index (χ0) is 15.2. The molecule has 0 saturated carbocycles. The lowest BCUT2D eigenvalue weighted by atomic mass is 10.2. The minimum absolute atomic E-state index is 0.171. The first-order chi connectivity index (χ1) is 10.1. The fraction of sp³-hybridized carbons (Fsp3) is 0.133. The number of halogens is 1. The molecule has 21 heavy (non-hydrogen) atoms. The van der Waals surface area contributed by atoms with Crippen molar-refractivity contribution in [3.8, 4) is 5.75 Å². The summed E-state index contributed by atoms with van der Waals surface area (Å²) in [5.74, 6) is -0.335. The Kier molecular flexibility index (Phi) is 5.05. The molecule has 0 unspecified atom stereocenters. The third-order valence-corrected chi connectivity index (χ3v) is 3.66. The summed E-state index contributed by atoms with van der Waals surface area (Å²) in [5, 5.41) is 8.87. The number of aromatic carboxylic acids is 1. The zero-order valence-electron chi connectivity index (χ0n) is 11.1. The summed E-state index contributed by atoms with van der Waals surface area (Å²) in [4.78, 5) is 11.3. The topological polar surface area (TPSA) is 72.5 Å². The third kappa shape index (κ3) is 4.39. The maximum absolute atomic E-state index is 13.5. The summed E-state index contributed by atoms with van der Waals surface area (Å²) in [6.07, 6.45) is 0. The van der Waals surface area contributed by atoms with Crippen molar-refractivity contribution < 1.29 is 19.0 Å². The second kappa shape index (κ2) is 6.99. The number of nitrogens with two attached hydrogens (primary N) is 1. The Balaban J connectivity index is 1.84. The number of hydrogen-bond donors (Lipinski definition) is 2. The molecular weight excluding hydrogens is 293 g/mol. The van der Waals surface area contributed by atoms with Crippen LogP contribution in [0.2, 0.25) is 0 Å². The van der Waals surface area contributed by atoms with Gasteiger partial charge in [-0.1, -0.05) is 6.07 Å². The lowest BCUT2D eigenvalue weighted by Crippen LogP contribution is -2.02. The lowest BCUT2D eigenvalue weighted by Gasteiger charge is -2.07. The maximum atomic E-state index is 13.5. The molecule has 0 fully saturated rings. The van der Waals surface area contributed by atoms with E-state index in [2.05, 4.69) is 0 Å². The van der Waals surface area contributed by atoms with Crippen molar-refractivity contribution in [2.75, 3.05) is 18.1 Å². The second-order valence-corrected chi connectivity index (χ2v) is 5.36. The largest absolute Gasteiger partial charge is 0.493 e. The summed E-state index contributed by atoms with van der Waals surface area (Å²) in [6, 6.07) is 10.8. The van der Waals surface area contributed by atoms with Crippen molar-refractivity contribution >= 4 is 23.4 Å². The molecule has 2 aromatic rings. The first-order valence-corrected chi connectivity index (χ1v) is 7.19. The van der Waals surface area contributed by atoms with Crippen molar-refractivity contribution in [3.05, 3.63) is 53.8 Å². The molecule has 0 heterocycles. The molecule has 0 aliphatic carbocycles. The van der Waals surface area contributed by atoms with Crippen molar-refractivity contribution in [3.63, 3.8) is 0 Å². The molecule has 110 valence electrons. The first-order valence-electron chi connectivity index (χ1n) is 6.20. The van der Waals surface area contributed by atoms with Gasteiger partial charge in [-0.2, -0.15) is 0 Å². The fourth-order valence-electron chi connectivity index (χ4n) is 1.66. The predicted octanol–water partition coefficient (Wildman–Crippen LogP) is 3.28. The Morgan fingerprint density at radius 2 is 2.10 bits per heavy atom. The van der Waals surface area contributed by atoms with Gasteiger partial charge in [0, 0.05) is 16.3 Å². The highest BCUT2D eigenvalue weighted by molar-refractivity contribution is 7.99. The number of hydrogen-bond acceptors (Lipinski definition) is 4. The van der Waals surface area contributed by atoms with Crippen LogP contribution >= 0.6 is 11.8 Å². The van der Waals surface area contributed by atoms with Crippen molar-refractivity contribution in [2.45, 2.75) is 4.90 Å². The zero-order valence-corrected chi connectivity index (χ0v) is 11.9. The molecule has 0 bridgehead atoms. The number of thioether (sulfide) groups is 1. The number of anilines is 1. The number of carbonyl (C=O) groups is 1. The molecule has 0 spiro atoms. The number of ether oxygens (including phenoxy) is 1. The van der Waals surface area contributed by atoms with Crippen LogP contribution < -0.4 is 10.5 Å². The van der Waals surface area contributed by atoms with E-state index in [1.54, 1.807) is 24.3 Å². The molecule has 3 N–H and O–H groups in total. The minimum Gasteiger partial charge on any atom is -0.493 e. The summed E-state index contributed by atoms with van der Waals surface area (Å²) < 4.78 is 19.0. The molecular formula is C15H14FNO3S. The van der Waals surface area contributed by atoms with Crippen molar-refractivity contribution in [1.29, 1.82) is 0 Å². The van der Waals surface area contributed by atoms with Crippen LogP contribution in [-0.4, -0.2) is 23.4 Å². The molecule has 2 rings (SSSR count). The van der Waals surface area contributed by atoms with E-state index >= 15 is 0 Å². The standard InChI is InChI=1S/C15H14FNO3S/c16-13-9-11(17)4-5-14(13)21-7-6-20-12-3-1-2-10(8-12)15(18)19/h1-5,8-9H,6-7,17H2,(H,18,19). The Hall–Kier alpha value is -2.21. The highest BCUT2D eigenvalue weighted by atomic mass is 32.2. The second-order valence-electron chi connectivity index (χ2n) is 4.22. The highest BCUT2D eigenvalue weighted by Crippen LogP contribution is 2.23. The Bertz CT molecular complexity index is 649. The highest BCUT2D eigenvalue weighted by Gasteiger charge is 2.05. The molecule has 6 heteroatoms. The van der Waals surface area contributed by atoms with Gasteiger partial charge in [-0.3, -0.25) is 0 Å². The van der Waals surface area contributed by atoms with Crippen LogP contribution in [-0.2, 0) is 0 Å². The molecule has 0 amide bonds. The Morgan fingerprint density at radius 3 is 2.81 bits per heavy atom. The van der Waals surface area contributed by atoms with Gasteiger partial charge in [0.2, 0.25) is 0 Å². The van der Waals surface area contributed by atoms with Gasteiger partial charge < -0.3 is 15.6 Å². The average Bonchev–Trinajstić information content (AvgIpc) is 2.45. The van der Waals surface area contributed by atoms with Crippen LogP contribution in [0.4, 0.5) is 10.1 Å². The summed E-state index contributed by atoms with van der Waals surface area (Å²) in [6.45, 7) is 0.345. The monoisotopic (exact) mass is 307 g/mol. The van der Waals surface area contributed by atoms with Gasteiger partial charge in [-0.25, -0.2) is 9.18 Å². The average molecular weight is 307 g/mol. The number of nitrogen functional groups attached to an aromatic ring is 1. The maximum Gasteiger partial charge on any atom is 0.335 e. The minimum atomic E-state index is -1.00. The van der Waals surface area contributed by atoms with Crippen LogP contribution in [0.1, 0.15) is 10.4 Å². The van der Waals surface area contributed by atoms with E-state index in [4.69, 9.17) is 15.6 Å². The van der Waals surface area contributed by atoms with E-state index in [9.17, 15) is 9.18 Å².